The molecule has 1 aromatic carbocycles. The van der Waals surface area contributed by atoms with Gasteiger partial charge in [0.05, 0.1) is 11.6 Å². The summed E-state index contributed by atoms with van der Waals surface area (Å²) in [6.07, 6.45) is 4.01. The van der Waals surface area contributed by atoms with Gasteiger partial charge in [-0.05, 0) is 31.0 Å². The Labute approximate surface area is 117 Å². The molecule has 1 fully saturated rings. The third-order valence-electron chi connectivity index (χ3n) is 3.35. The average molecular weight is 265 g/mol. The zero-order valence-corrected chi connectivity index (χ0v) is 11.1. The molecular formula is C15H15N5. The highest BCUT2D eigenvalue weighted by molar-refractivity contribution is 5.61. The van der Waals surface area contributed by atoms with Crippen molar-refractivity contribution in [2.75, 3.05) is 23.3 Å². The molecule has 0 atom stereocenters. The van der Waals surface area contributed by atoms with Crippen LogP contribution >= 0.6 is 0 Å². The molecule has 0 saturated carbocycles. The summed E-state index contributed by atoms with van der Waals surface area (Å²) in [5, 5.41) is 12.1. The summed E-state index contributed by atoms with van der Waals surface area (Å²) in [6, 6.07) is 11.4. The van der Waals surface area contributed by atoms with Crippen LogP contribution in [0.5, 0.6) is 0 Å². The zero-order chi connectivity index (χ0) is 13.8. The molecule has 1 saturated heterocycles. The first-order chi connectivity index (χ1) is 9.85. The van der Waals surface area contributed by atoms with Gasteiger partial charge in [-0.2, -0.15) is 5.26 Å². The van der Waals surface area contributed by atoms with E-state index in [2.05, 4.69) is 26.3 Å². The Kier molecular flexibility index (Phi) is 3.46. The standard InChI is InChI=1S/C15H15N5/c16-10-12-4-3-5-13(8-12)19-14-9-15(18-11-17-14)20-6-1-2-7-20/h3-5,8-9,11H,1-2,6-7H2,(H,17,18,19). The third kappa shape index (κ3) is 2.69. The maximum absolute atomic E-state index is 8.91. The van der Waals surface area contributed by atoms with E-state index in [-0.39, 0.29) is 0 Å². The van der Waals surface area contributed by atoms with E-state index in [1.165, 1.54) is 12.8 Å². The van der Waals surface area contributed by atoms with Crippen molar-refractivity contribution in [1.82, 2.24) is 9.97 Å². The van der Waals surface area contributed by atoms with Crippen LogP contribution in [0.1, 0.15) is 18.4 Å². The van der Waals surface area contributed by atoms with Crippen LogP contribution in [0.25, 0.3) is 0 Å². The van der Waals surface area contributed by atoms with E-state index in [9.17, 15) is 0 Å². The normalized spacial score (nSPS) is 14.1. The zero-order valence-electron chi connectivity index (χ0n) is 11.1. The molecule has 2 heterocycles. The summed E-state index contributed by atoms with van der Waals surface area (Å²) in [6.45, 7) is 2.11. The lowest BCUT2D eigenvalue weighted by Crippen LogP contribution is -2.19. The van der Waals surface area contributed by atoms with Crippen LogP contribution in [0.2, 0.25) is 0 Å². The van der Waals surface area contributed by atoms with E-state index in [0.717, 1.165) is 30.4 Å². The predicted molar refractivity (Wildman–Crippen MR) is 77.9 cm³/mol. The van der Waals surface area contributed by atoms with E-state index < -0.39 is 0 Å². The number of hydrogen-bond donors (Lipinski definition) is 1. The molecule has 100 valence electrons. The Bertz CT molecular complexity index is 641. The first kappa shape index (κ1) is 12.4. The van der Waals surface area contributed by atoms with E-state index >= 15 is 0 Å². The lowest BCUT2D eigenvalue weighted by atomic mass is 10.2. The fourth-order valence-electron chi connectivity index (χ4n) is 2.35. The van der Waals surface area contributed by atoms with Crippen LogP contribution < -0.4 is 10.2 Å². The maximum atomic E-state index is 8.91. The van der Waals surface area contributed by atoms with Gasteiger partial charge in [-0.15, -0.1) is 0 Å². The molecule has 1 aromatic heterocycles. The molecular weight excluding hydrogens is 250 g/mol. The van der Waals surface area contributed by atoms with Gasteiger partial charge in [-0.1, -0.05) is 6.07 Å². The van der Waals surface area contributed by atoms with Crippen molar-refractivity contribution < 1.29 is 0 Å². The highest BCUT2D eigenvalue weighted by atomic mass is 15.2. The van der Waals surface area contributed by atoms with Gasteiger partial charge in [0.2, 0.25) is 0 Å². The van der Waals surface area contributed by atoms with Crippen LogP contribution in [0.15, 0.2) is 36.7 Å². The van der Waals surface area contributed by atoms with Crippen LogP contribution in [0.4, 0.5) is 17.3 Å². The number of benzene rings is 1. The fraction of sp³-hybridized carbons (Fsp3) is 0.267. The minimum absolute atomic E-state index is 0.629. The Morgan fingerprint density at radius 1 is 1.15 bits per heavy atom. The Morgan fingerprint density at radius 2 is 2.00 bits per heavy atom. The molecule has 0 bridgehead atoms. The Morgan fingerprint density at radius 3 is 2.80 bits per heavy atom. The summed E-state index contributed by atoms with van der Waals surface area (Å²) in [4.78, 5) is 10.8. The van der Waals surface area contributed by atoms with Crippen molar-refractivity contribution in [3.05, 3.63) is 42.2 Å². The van der Waals surface area contributed by atoms with Crippen molar-refractivity contribution in [2.24, 2.45) is 0 Å². The number of nitrogens with one attached hydrogen (secondary N) is 1. The van der Waals surface area contributed by atoms with Gasteiger partial charge < -0.3 is 10.2 Å². The Hall–Kier alpha value is -2.61. The third-order valence-corrected chi connectivity index (χ3v) is 3.35. The van der Waals surface area contributed by atoms with Crippen molar-refractivity contribution >= 4 is 17.3 Å². The molecule has 0 radical (unpaired) electrons. The molecule has 5 nitrogen and oxygen atoms in total. The fourth-order valence-corrected chi connectivity index (χ4v) is 2.35. The maximum Gasteiger partial charge on any atom is 0.135 e. The van der Waals surface area contributed by atoms with Gasteiger partial charge in [0.15, 0.2) is 0 Å². The van der Waals surface area contributed by atoms with E-state index in [0.29, 0.717) is 5.56 Å². The molecule has 0 amide bonds. The average Bonchev–Trinajstić information content (AvgIpc) is 3.02. The van der Waals surface area contributed by atoms with Gasteiger partial charge in [0, 0.05) is 24.8 Å². The number of hydrogen-bond acceptors (Lipinski definition) is 5. The molecule has 1 aliphatic rings. The quantitative estimate of drug-likeness (QED) is 0.924. The Balaban J connectivity index is 1.80. The molecule has 20 heavy (non-hydrogen) atoms. The second-order valence-corrected chi connectivity index (χ2v) is 4.77. The largest absolute Gasteiger partial charge is 0.356 e. The van der Waals surface area contributed by atoms with Crippen molar-refractivity contribution in [1.29, 1.82) is 5.26 Å². The van der Waals surface area contributed by atoms with E-state index in [4.69, 9.17) is 5.26 Å². The summed E-state index contributed by atoms with van der Waals surface area (Å²) >= 11 is 0. The van der Waals surface area contributed by atoms with Crippen molar-refractivity contribution in [2.45, 2.75) is 12.8 Å². The lowest BCUT2D eigenvalue weighted by molar-refractivity contribution is 0.928. The molecule has 0 spiro atoms. The van der Waals surface area contributed by atoms with Gasteiger partial charge in [-0.3, -0.25) is 0 Å². The van der Waals surface area contributed by atoms with Crippen LogP contribution in [-0.2, 0) is 0 Å². The minimum atomic E-state index is 0.629. The SMILES string of the molecule is N#Cc1cccc(Nc2cc(N3CCCC3)ncn2)c1. The van der Waals surface area contributed by atoms with E-state index in [1.54, 1.807) is 18.5 Å². The molecule has 2 aromatic rings. The molecule has 0 aliphatic carbocycles. The molecule has 5 heteroatoms. The first-order valence-electron chi connectivity index (χ1n) is 6.69. The van der Waals surface area contributed by atoms with Crippen LogP contribution in [0, 0.1) is 11.3 Å². The molecule has 1 N–H and O–H groups in total. The van der Waals surface area contributed by atoms with Crippen molar-refractivity contribution in [3.63, 3.8) is 0 Å². The number of nitrogens with zero attached hydrogens (tertiary/aromatic N) is 4. The first-order valence-corrected chi connectivity index (χ1v) is 6.69. The van der Waals surface area contributed by atoms with Crippen LogP contribution in [0.3, 0.4) is 0 Å². The summed E-state index contributed by atoms with van der Waals surface area (Å²) in [5.74, 6) is 1.70. The number of aromatic nitrogens is 2. The molecule has 1 aliphatic heterocycles. The van der Waals surface area contributed by atoms with Gasteiger partial charge in [-0.25, -0.2) is 9.97 Å². The summed E-state index contributed by atoms with van der Waals surface area (Å²) < 4.78 is 0. The number of rotatable bonds is 3. The minimum Gasteiger partial charge on any atom is -0.356 e. The second-order valence-electron chi connectivity index (χ2n) is 4.77. The van der Waals surface area contributed by atoms with Gasteiger partial charge in [0.25, 0.3) is 0 Å². The highest BCUT2D eigenvalue weighted by Gasteiger charge is 2.13. The highest BCUT2D eigenvalue weighted by Crippen LogP contribution is 2.21. The number of nitriles is 1. The number of anilines is 3. The van der Waals surface area contributed by atoms with Crippen molar-refractivity contribution in [3.8, 4) is 6.07 Å². The smallest absolute Gasteiger partial charge is 0.135 e. The molecule has 0 unspecified atom stereocenters. The van der Waals surface area contributed by atoms with Gasteiger partial charge in [0.1, 0.15) is 18.0 Å². The molecule has 3 rings (SSSR count). The topological polar surface area (TPSA) is 64.8 Å². The van der Waals surface area contributed by atoms with Crippen LogP contribution in [-0.4, -0.2) is 23.1 Å². The van der Waals surface area contributed by atoms with Gasteiger partial charge >= 0.3 is 0 Å². The monoisotopic (exact) mass is 265 g/mol. The van der Waals surface area contributed by atoms with E-state index in [1.807, 2.05) is 18.2 Å². The predicted octanol–water partition coefficient (Wildman–Crippen LogP) is 2.69. The summed E-state index contributed by atoms with van der Waals surface area (Å²) in [7, 11) is 0. The second kappa shape index (κ2) is 5.57. The lowest BCUT2D eigenvalue weighted by Gasteiger charge is -2.16. The summed E-state index contributed by atoms with van der Waals surface area (Å²) in [5.41, 5.74) is 1.49.